The molecule has 0 saturated carbocycles. The minimum Gasteiger partial charge on any atom is -0.273 e. The zero-order valence-corrected chi connectivity index (χ0v) is 15.7. The van der Waals surface area contributed by atoms with Crippen LogP contribution in [0.15, 0.2) is 53.9 Å². The fourth-order valence-corrected chi connectivity index (χ4v) is 3.56. The minimum atomic E-state index is -0.487. The molecule has 0 aliphatic heterocycles. The van der Waals surface area contributed by atoms with E-state index in [0.29, 0.717) is 15.7 Å². The molecule has 1 heterocycles. The average Bonchev–Trinajstić information content (AvgIpc) is 3.08. The molecular formula is C18H13Cl2N3O2S. The summed E-state index contributed by atoms with van der Waals surface area (Å²) in [6, 6.07) is 14.0. The fourth-order valence-electron chi connectivity index (χ4n) is 2.19. The number of nitrogens with one attached hydrogen (secondary N) is 2. The van der Waals surface area contributed by atoms with Crippen molar-refractivity contribution in [2.75, 3.05) is 0 Å². The van der Waals surface area contributed by atoms with E-state index >= 15 is 0 Å². The summed E-state index contributed by atoms with van der Waals surface area (Å²) in [6.07, 6.45) is 0.0315. The smallest absolute Gasteiger partial charge is 0.271 e. The van der Waals surface area contributed by atoms with Gasteiger partial charge in [0.15, 0.2) is 0 Å². The highest BCUT2D eigenvalue weighted by molar-refractivity contribution is 7.13. The van der Waals surface area contributed by atoms with Crippen LogP contribution in [-0.2, 0) is 11.2 Å². The lowest BCUT2D eigenvalue weighted by molar-refractivity contribution is -0.121. The Kier molecular flexibility index (Phi) is 5.88. The van der Waals surface area contributed by atoms with Crippen LogP contribution < -0.4 is 10.9 Å². The SMILES string of the molecule is O=C(Cc1csc(-c2ccccc2Cl)n1)NNC(=O)c1ccccc1Cl. The summed E-state index contributed by atoms with van der Waals surface area (Å²) in [6.45, 7) is 0. The van der Waals surface area contributed by atoms with Crippen LogP contribution in [0.25, 0.3) is 10.6 Å². The standard InChI is InChI=1S/C18H13Cl2N3O2S/c19-14-7-3-1-5-12(14)17(25)23-22-16(24)9-11-10-26-18(21-11)13-6-2-4-8-15(13)20/h1-8,10H,9H2,(H,22,24)(H,23,25). The van der Waals surface area contributed by atoms with Crippen molar-refractivity contribution in [1.29, 1.82) is 0 Å². The zero-order valence-electron chi connectivity index (χ0n) is 13.3. The van der Waals surface area contributed by atoms with Gasteiger partial charge in [-0.2, -0.15) is 0 Å². The average molecular weight is 406 g/mol. The third-order valence-electron chi connectivity index (χ3n) is 3.43. The Hall–Kier alpha value is -2.41. The maximum atomic E-state index is 12.0. The van der Waals surface area contributed by atoms with Crippen LogP contribution in [0, 0.1) is 0 Å². The second kappa shape index (κ2) is 8.31. The Morgan fingerprint density at radius 1 is 0.962 bits per heavy atom. The molecule has 3 aromatic rings. The lowest BCUT2D eigenvalue weighted by Crippen LogP contribution is -2.42. The molecule has 132 valence electrons. The minimum absolute atomic E-state index is 0.0315. The number of carbonyl (C=O) groups excluding carboxylic acids is 2. The van der Waals surface area contributed by atoms with Gasteiger partial charge < -0.3 is 0 Å². The number of benzene rings is 2. The monoisotopic (exact) mass is 405 g/mol. The molecule has 26 heavy (non-hydrogen) atoms. The molecule has 0 spiro atoms. The van der Waals surface area contributed by atoms with Crippen LogP contribution in [0.5, 0.6) is 0 Å². The normalized spacial score (nSPS) is 10.4. The van der Waals surface area contributed by atoms with E-state index in [-0.39, 0.29) is 17.9 Å². The van der Waals surface area contributed by atoms with E-state index in [2.05, 4.69) is 15.8 Å². The maximum Gasteiger partial charge on any atom is 0.271 e. The number of hydrogen-bond acceptors (Lipinski definition) is 4. The molecule has 0 aliphatic carbocycles. The van der Waals surface area contributed by atoms with Gasteiger partial charge in [0, 0.05) is 10.9 Å². The van der Waals surface area contributed by atoms with E-state index < -0.39 is 5.91 Å². The molecule has 2 amide bonds. The van der Waals surface area contributed by atoms with Gasteiger partial charge in [-0.05, 0) is 18.2 Å². The first kappa shape index (κ1) is 18.4. The number of amides is 2. The molecule has 8 heteroatoms. The molecule has 0 bridgehead atoms. The van der Waals surface area contributed by atoms with Gasteiger partial charge >= 0.3 is 0 Å². The number of thiazole rings is 1. The van der Waals surface area contributed by atoms with Crippen molar-refractivity contribution < 1.29 is 9.59 Å². The number of carbonyl (C=O) groups is 2. The van der Waals surface area contributed by atoms with E-state index in [1.165, 1.54) is 11.3 Å². The second-order valence-corrected chi connectivity index (χ2v) is 6.96. The quantitative estimate of drug-likeness (QED) is 0.641. The number of hydrazine groups is 1. The van der Waals surface area contributed by atoms with Crippen molar-refractivity contribution in [2.45, 2.75) is 6.42 Å². The Balaban J connectivity index is 1.58. The Morgan fingerprint density at radius 2 is 1.65 bits per heavy atom. The molecule has 0 saturated heterocycles. The number of aromatic nitrogens is 1. The van der Waals surface area contributed by atoms with Gasteiger partial charge in [0.25, 0.3) is 5.91 Å². The summed E-state index contributed by atoms with van der Waals surface area (Å²) in [5.41, 5.74) is 6.39. The van der Waals surface area contributed by atoms with Crippen molar-refractivity contribution in [3.8, 4) is 10.6 Å². The summed E-state index contributed by atoms with van der Waals surface area (Å²) in [5.74, 6) is -0.875. The van der Waals surface area contributed by atoms with Gasteiger partial charge in [0.05, 0.1) is 27.7 Å². The largest absolute Gasteiger partial charge is 0.273 e. The first-order chi connectivity index (χ1) is 12.5. The molecule has 0 radical (unpaired) electrons. The number of hydrogen-bond donors (Lipinski definition) is 2. The van der Waals surface area contributed by atoms with Crippen LogP contribution in [0.3, 0.4) is 0 Å². The van der Waals surface area contributed by atoms with Crippen LogP contribution in [-0.4, -0.2) is 16.8 Å². The summed E-state index contributed by atoms with van der Waals surface area (Å²) in [7, 11) is 0. The lowest BCUT2D eigenvalue weighted by atomic mass is 10.2. The van der Waals surface area contributed by atoms with Gasteiger partial charge in [0.2, 0.25) is 5.91 Å². The lowest BCUT2D eigenvalue weighted by Gasteiger charge is -2.07. The highest BCUT2D eigenvalue weighted by Gasteiger charge is 2.13. The molecule has 0 unspecified atom stereocenters. The molecule has 0 fully saturated rings. The van der Waals surface area contributed by atoms with E-state index in [4.69, 9.17) is 23.2 Å². The number of nitrogens with zero attached hydrogens (tertiary/aromatic N) is 1. The highest BCUT2D eigenvalue weighted by atomic mass is 35.5. The van der Waals surface area contributed by atoms with E-state index in [1.54, 1.807) is 35.7 Å². The maximum absolute atomic E-state index is 12.0. The predicted molar refractivity (Wildman–Crippen MR) is 103 cm³/mol. The van der Waals surface area contributed by atoms with Crippen molar-refractivity contribution in [3.63, 3.8) is 0 Å². The Morgan fingerprint density at radius 3 is 2.38 bits per heavy atom. The molecule has 0 aliphatic rings. The summed E-state index contributed by atoms with van der Waals surface area (Å²) >= 11 is 13.5. The van der Waals surface area contributed by atoms with Gasteiger partial charge in [-0.1, -0.05) is 53.5 Å². The Labute approximate surface area is 163 Å². The summed E-state index contributed by atoms with van der Waals surface area (Å²) < 4.78 is 0. The molecule has 5 nitrogen and oxygen atoms in total. The first-order valence-electron chi connectivity index (χ1n) is 7.57. The highest BCUT2D eigenvalue weighted by Crippen LogP contribution is 2.30. The first-order valence-corrected chi connectivity index (χ1v) is 9.21. The summed E-state index contributed by atoms with van der Waals surface area (Å²) in [4.78, 5) is 28.5. The van der Waals surface area contributed by atoms with Crippen LogP contribution in [0.4, 0.5) is 0 Å². The molecule has 3 rings (SSSR count). The summed E-state index contributed by atoms with van der Waals surface area (Å²) in [5, 5.41) is 3.43. The number of halogens is 2. The van der Waals surface area contributed by atoms with Crippen LogP contribution in [0.2, 0.25) is 10.0 Å². The topological polar surface area (TPSA) is 71.1 Å². The van der Waals surface area contributed by atoms with Crippen molar-refractivity contribution in [1.82, 2.24) is 15.8 Å². The van der Waals surface area contributed by atoms with Crippen molar-refractivity contribution in [2.24, 2.45) is 0 Å². The van der Waals surface area contributed by atoms with Gasteiger partial charge in [-0.25, -0.2) is 4.98 Å². The van der Waals surface area contributed by atoms with Gasteiger partial charge in [-0.15, -0.1) is 11.3 Å². The molecule has 1 aromatic heterocycles. The molecule has 2 N–H and O–H groups in total. The van der Waals surface area contributed by atoms with Gasteiger partial charge in [0.1, 0.15) is 5.01 Å². The fraction of sp³-hybridized carbons (Fsp3) is 0.0556. The third-order valence-corrected chi connectivity index (χ3v) is 5.02. The number of rotatable bonds is 4. The second-order valence-electron chi connectivity index (χ2n) is 5.28. The van der Waals surface area contributed by atoms with Crippen molar-refractivity contribution >= 4 is 46.4 Å². The zero-order chi connectivity index (χ0) is 18.5. The Bertz CT molecular complexity index is 959. The molecule has 2 aromatic carbocycles. The van der Waals surface area contributed by atoms with Crippen LogP contribution in [0.1, 0.15) is 16.1 Å². The predicted octanol–water partition coefficient (Wildman–Crippen LogP) is 4.12. The van der Waals surface area contributed by atoms with Crippen LogP contribution >= 0.6 is 34.5 Å². The third kappa shape index (κ3) is 4.40. The van der Waals surface area contributed by atoms with Crippen molar-refractivity contribution in [3.05, 3.63) is 75.2 Å². The van der Waals surface area contributed by atoms with E-state index in [9.17, 15) is 9.59 Å². The van der Waals surface area contributed by atoms with E-state index in [1.807, 2.05) is 18.2 Å². The van der Waals surface area contributed by atoms with Gasteiger partial charge in [-0.3, -0.25) is 20.4 Å². The van der Waals surface area contributed by atoms with E-state index in [0.717, 1.165) is 10.6 Å². The molecular weight excluding hydrogens is 393 g/mol. The molecule has 0 atom stereocenters.